The molecule has 4 heterocycles. The summed E-state index contributed by atoms with van der Waals surface area (Å²) in [4.78, 5) is 15.3. The summed E-state index contributed by atoms with van der Waals surface area (Å²) in [7, 11) is 0. The van der Waals surface area contributed by atoms with Crippen LogP contribution in [-0.2, 0) is 0 Å². The van der Waals surface area contributed by atoms with Crippen LogP contribution < -0.4 is 0 Å². The van der Waals surface area contributed by atoms with E-state index in [-0.39, 0.29) is 0 Å². The second-order valence-corrected chi connectivity index (χ2v) is 13.9. The molecule has 4 aromatic heterocycles. The van der Waals surface area contributed by atoms with Gasteiger partial charge in [0.25, 0.3) is 0 Å². The lowest BCUT2D eigenvalue weighted by molar-refractivity contribution is 0.669. The molecule has 8 aromatic carbocycles. The lowest BCUT2D eigenvalue weighted by Crippen LogP contribution is -2.00. The first-order valence-electron chi connectivity index (χ1n) is 18.4. The summed E-state index contributed by atoms with van der Waals surface area (Å²) in [5.74, 6) is 1.81. The van der Waals surface area contributed by atoms with Crippen molar-refractivity contribution in [3.05, 3.63) is 170 Å². The molecule has 12 rings (SSSR count). The number of fused-ring (bicyclic) bond motifs is 12. The van der Waals surface area contributed by atoms with E-state index in [4.69, 9.17) is 23.8 Å². The van der Waals surface area contributed by atoms with E-state index in [0.29, 0.717) is 17.5 Å². The van der Waals surface area contributed by atoms with Gasteiger partial charge in [-0.25, -0.2) is 15.0 Å². The molecule has 256 valence electrons. The Morgan fingerprint density at radius 3 is 1.78 bits per heavy atom. The van der Waals surface area contributed by atoms with Gasteiger partial charge in [-0.2, -0.15) is 0 Å². The van der Waals surface area contributed by atoms with E-state index in [2.05, 4.69) is 102 Å². The predicted octanol–water partition coefficient (Wildman–Crippen LogP) is 12.9. The number of nitrogens with zero attached hydrogens (tertiary/aromatic N) is 4. The first kappa shape index (κ1) is 29.9. The topological polar surface area (TPSA) is 69.9 Å². The molecule has 0 aliphatic carbocycles. The molecule has 0 unspecified atom stereocenters. The molecule has 0 saturated carbocycles. The van der Waals surface area contributed by atoms with Crippen molar-refractivity contribution in [3.8, 4) is 39.9 Å². The van der Waals surface area contributed by atoms with Gasteiger partial charge in [-0.3, -0.25) is 0 Å². The zero-order valence-corrected chi connectivity index (χ0v) is 29.3. The van der Waals surface area contributed by atoms with Gasteiger partial charge >= 0.3 is 0 Å². The van der Waals surface area contributed by atoms with E-state index in [1.54, 1.807) is 0 Å². The summed E-state index contributed by atoms with van der Waals surface area (Å²) in [6.07, 6.45) is 0. The second-order valence-electron chi connectivity index (χ2n) is 13.9. The Balaban J connectivity index is 1.18. The van der Waals surface area contributed by atoms with Crippen LogP contribution in [0.3, 0.4) is 0 Å². The molecule has 0 fully saturated rings. The number of furan rings is 2. The minimum atomic E-state index is 0.584. The van der Waals surface area contributed by atoms with Gasteiger partial charge in [0.15, 0.2) is 23.1 Å². The summed E-state index contributed by atoms with van der Waals surface area (Å²) in [6, 6.07) is 58.3. The molecule has 0 bridgehead atoms. The van der Waals surface area contributed by atoms with Crippen molar-refractivity contribution in [1.29, 1.82) is 0 Å². The van der Waals surface area contributed by atoms with E-state index in [1.807, 2.05) is 72.8 Å². The summed E-state index contributed by atoms with van der Waals surface area (Å²) in [5.41, 5.74) is 9.12. The van der Waals surface area contributed by atoms with Crippen molar-refractivity contribution in [2.75, 3.05) is 0 Å². The quantitative estimate of drug-likeness (QED) is 0.182. The van der Waals surface area contributed by atoms with Crippen LogP contribution in [-0.4, -0.2) is 19.5 Å². The van der Waals surface area contributed by atoms with Crippen molar-refractivity contribution in [2.24, 2.45) is 0 Å². The van der Waals surface area contributed by atoms with E-state index in [0.717, 1.165) is 98.8 Å². The van der Waals surface area contributed by atoms with Gasteiger partial charge in [-0.15, -0.1) is 0 Å². The lowest BCUT2D eigenvalue weighted by atomic mass is 9.99. The average molecular weight is 705 g/mol. The van der Waals surface area contributed by atoms with Crippen molar-refractivity contribution in [1.82, 2.24) is 19.5 Å². The number of para-hydroxylation sites is 3. The maximum atomic E-state index is 7.13. The third-order valence-corrected chi connectivity index (χ3v) is 10.8. The highest BCUT2D eigenvalue weighted by Crippen LogP contribution is 2.45. The number of aromatic nitrogens is 4. The molecule has 12 aromatic rings. The largest absolute Gasteiger partial charge is 0.455 e. The maximum Gasteiger partial charge on any atom is 0.164 e. The van der Waals surface area contributed by atoms with Gasteiger partial charge in [-0.05, 0) is 41.8 Å². The Hall–Kier alpha value is -7.57. The fourth-order valence-corrected chi connectivity index (χ4v) is 8.39. The van der Waals surface area contributed by atoms with E-state index >= 15 is 0 Å². The van der Waals surface area contributed by atoms with Gasteiger partial charge in [0, 0.05) is 49.0 Å². The lowest BCUT2D eigenvalue weighted by Gasteiger charge is -2.10. The molecule has 0 atom stereocenters. The van der Waals surface area contributed by atoms with E-state index in [9.17, 15) is 0 Å². The van der Waals surface area contributed by atoms with Crippen molar-refractivity contribution < 1.29 is 8.83 Å². The predicted molar refractivity (Wildman–Crippen MR) is 223 cm³/mol. The summed E-state index contributed by atoms with van der Waals surface area (Å²) >= 11 is 0. The Labute approximate surface area is 313 Å². The molecule has 0 spiro atoms. The van der Waals surface area contributed by atoms with E-state index in [1.165, 1.54) is 0 Å². The molecule has 0 aliphatic heterocycles. The Morgan fingerprint density at radius 1 is 0.382 bits per heavy atom. The molecule has 0 N–H and O–H groups in total. The zero-order chi connectivity index (χ0) is 36.0. The van der Waals surface area contributed by atoms with Crippen molar-refractivity contribution in [3.63, 3.8) is 0 Å². The molecular weight excluding hydrogens is 677 g/mol. The second kappa shape index (κ2) is 11.5. The van der Waals surface area contributed by atoms with Crippen LogP contribution in [0.1, 0.15) is 0 Å². The molecule has 0 amide bonds. The Kier molecular flexibility index (Phi) is 6.24. The molecule has 0 aliphatic rings. The Bertz CT molecular complexity index is 3430. The maximum absolute atomic E-state index is 7.13. The van der Waals surface area contributed by atoms with Crippen LogP contribution in [0.15, 0.2) is 179 Å². The highest BCUT2D eigenvalue weighted by atomic mass is 16.3. The highest BCUT2D eigenvalue weighted by molar-refractivity contribution is 6.25. The zero-order valence-electron chi connectivity index (χ0n) is 29.3. The highest BCUT2D eigenvalue weighted by Gasteiger charge is 2.24. The fourth-order valence-electron chi connectivity index (χ4n) is 8.39. The van der Waals surface area contributed by atoms with Crippen LogP contribution in [0.5, 0.6) is 0 Å². The normalized spacial score (nSPS) is 12.0. The van der Waals surface area contributed by atoms with Crippen LogP contribution >= 0.6 is 0 Å². The van der Waals surface area contributed by atoms with Gasteiger partial charge < -0.3 is 13.4 Å². The minimum absolute atomic E-state index is 0.584. The standard InChI is InChI=1S/C49H28N4O2/c1-3-14-29(15-4-1)47-50-48(30-16-5-2-6-17-30)52-49(51-47)37-28-31-18-7-8-19-32(31)45-42(37)36-22-13-24-40(44(36)55-45)53-38-23-11-9-21-35(38)43-39(53)27-26-34-33-20-10-12-25-41(33)54-46(34)43/h1-28H. The van der Waals surface area contributed by atoms with Gasteiger partial charge in [0.2, 0.25) is 0 Å². The van der Waals surface area contributed by atoms with Crippen LogP contribution in [0.2, 0.25) is 0 Å². The molecule has 55 heavy (non-hydrogen) atoms. The number of rotatable bonds is 4. The van der Waals surface area contributed by atoms with Gasteiger partial charge in [0.05, 0.1) is 22.1 Å². The first-order chi connectivity index (χ1) is 27.3. The van der Waals surface area contributed by atoms with Gasteiger partial charge in [-0.1, -0.05) is 133 Å². The number of hydrogen-bond acceptors (Lipinski definition) is 5. The van der Waals surface area contributed by atoms with E-state index < -0.39 is 0 Å². The number of hydrogen-bond donors (Lipinski definition) is 0. The minimum Gasteiger partial charge on any atom is -0.455 e. The van der Waals surface area contributed by atoms with Gasteiger partial charge in [0.1, 0.15) is 16.7 Å². The first-order valence-corrected chi connectivity index (χ1v) is 18.4. The monoisotopic (exact) mass is 704 g/mol. The third kappa shape index (κ3) is 4.39. The van der Waals surface area contributed by atoms with Crippen LogP contribution in [0, 0.1) is 0 Å². The summed E-state index contributed by atoms with van der Waals surface area (Å²) in [5, 5.41) is 8.41. The fraction of sp³-hybridized carbons (Fsp3) is 0. The third-order valence-electron chi connectivity index (χ3n) is 10.8. The summed E-state index contributed by atoms with van der Waals surface area (Å²) in [6.45, 7) is 0. The Morgan fingerprint density at radius 2 is 1.00 bits per heavy atom. The average Bonchev–Trinajstić information content (AvgIpc) is 3.94. The smallest absolute Gasteiger partial charge is 0.164 e. The summed E-state index contributed by atoms with van der Waals surface area (Å²) < 4.78 is 16.0. The van der Waals surface area contributed by atoms with Crippen molar-refractivity contribution in [2.45, 2.75) is 0 Å². The SMILES string of the molecule is c1ccc(-c2nc(-c3ccccc3)nc(-c3cc4ccccc4c4oc5c(-n6c7ccccc7c7c8oc9ccccc9c8ccc76)cccc5c34)n2)cc1. The van der Waals surface area contributed by atoms with Crippen LogP contribution in [0.4, 0.5) is 0 Å². The molecule has 6 nitrogen and oxygen atoms in total. The molecule has 6 heteroatoms. The van der Waals surface area contributed by atoms with Crippen LogP contribution in [0.25, 0.3) is 116 Å². The number of benzene rings is 8. The molecule has 0 radical (unpaired) electrons. The van der Waals surface area contributed by atoms with Crippen molar-refractivity contribution >= 4 is 76.5 Å². The molecular formula is C49H28N4O2. The molecule has 0 saturated heterocycles.